The van der Waals surface area contributed by atoms with Crippen LogP contribution in [0.4, 0.5) is 0 Å². The van der Waals surface area contributed by atoms with Gasteiger partial charge in [-0.05, 0) is 12.8 Å². The summed E-state index contributed by atoms with van der Waals surface area (Å²) in [6, 6.07) is 0. The Morgan fingerprint density at radius 2 is 2.23 bits per heavy atom. The van der Waals surface area contributed by atoms with Crippen LogP contribution in [-0.4, -0.2) is 15.0 Å². The molecule has 13 heavy (non-hydrogen) atoms. The zero-order chi connectivity index (χ0) is 8.84. The first-order valence-electron chi connectivity index (χ1n) is 4.11. The third-order valence-electron chi connectivity index (χ3n) is 2.09. The Hall–Kier alpha value is -0.740. The Bertz CT molecular complexity index is 463. The molecular formula is C8H6ClN3S. The minimum Gasteiger partial charge on any atom is -0.236 e. The van der Waals surface area contributed by atoms with Crippen molar-refractivity contribution in [3.8, 4) is 0 Å². The highest BCUT2D eigenvalue weighted by molar-refractivity contribution is 7.18. The molecule has 0 saturated heterocycles. The Kier molecular flexibility index (Phi) is 1.54. The van der Waals surface area contributed by atoms with Crippen molar-refractivity contribution in [3.63, 3.8) is 0 Å². The molecule has 0 spiro atoms. The second-order valence-electron chi connectivity index (χ2n) is 3.14. The summed E-state index contributed by atoms with van der Waals surface area (Å²) in [4.78, 5) is 13.4. The number of aromatic nitrogens is 3. The van der Waals surface area contributed by atoms with Gasteiger partial charge < -0.3 is 0 Å². The van der Waals surface area contributed by atoms with E-state index in [9.17, 15) is 0 Å². The second kappa shape index (κ2) is 2.62. The van der Waals surface area contributed by atoms with E-state index in [0.29, 0.717) is 11.1 Å². The summed E-state index contributed by atoms with van der Waals surface area (Å²) in [5.41, 5.74) is 0.760. The van der Waals surface area contributed by atoms with E-state index in [-0.39, 0.29) is 0 Å². The zero-order valence-electron chi connectivity index (χ0n) is 6.70. The quantitative estimate of drug-likeness (QED) is 0.681. The lowest BCUT2D eigenvalue weighted by Gasteiger charge is -1.86. The van der Waals surface area contributed by atoms with Crippen LogP contribution < -0.4 is 0 Å². The lowest BCUT2D eigenvalue weighted by molar-refractivity contribution is 1.09. The average molecular weight is 212 g/mol. The summed E-state index contributed by atoms with van der Waals surface area (Å²) in [7, 11) is 0. The molecule has 1 aliphatic rings. The summed E-state index contributed by atoms with van der Waals surface area (Å²) in [5, 5.41) is 1.63. The first-order chi connectivity index (χ1) is 6.34. The molecule has 0 unspecified atom stereocenters. The molecule has 0 amide bonds. The van der Waals surface area contributed by atoms with Crippen LogP contribution in [0.25, 0.3) is 10.3 Å². The van der Waals surface area contributed by atoms with Gasteiger partial charge in [0.1, 0.15) is 16.7 Å². The summed E-state index contributed by atoms with van der Waals surface area (Å²) in [6.45, 7) is 0. The van der Waals surface area contributed by atoms with Gasteiger partial charge in [0.15, 0.2) is 5.15 Å². The van der Waals surface area contributed by atoms with Crippen molar-refractivity contribution in [2.24, 2.45) is 0 Å². The van der Waals surface area contributed by atoms with Gasteiger partial charge in [0, 0.05) is 5.92 Å². The van der Waals surface area contributed by atoms with Crippen LogP contribution in [0.15, 0.2) is 6.33 Å². The van der Waals surface area contributed by atoms with E-state index in [2.05, 4.69) is 15.0 Å². The number of halogens is 1. The van der Waals surface area contributed by atoms with Crippen LogP contribution in [0.1, 0.15) is 23.8 Å². The fraction of sp³-hybridized carbons (Fsp3) is 0.375. The smallest absolute Gasteiger partial charge is 0.159 e. The number of rotatable bonds is 1. The minimum absolute atomic E-state index is 0.466. The van der Waals surface area contributed by atoms with Crippen molar-refractivity contribution in [2.45, 2.75) is 18.8 Å². The standard InChI is InChI=1S/C8H6ClN3S/c9-6-5-8(11-3-10-6)13-7(12-5)4-1-2-4/h3-4H,1-2H2. The van der Waals surface area contributed by atoms with Gasteiger partial charge in [0.05, 0.1) is 5.01 Å². The van der Waals surface area contributed by atoms with Crippen molar-refractivity contribution in [1.29, 1.82) is 0 Å². The second-order valence-corrected chi connectivity index (χ2v) is 4.51. The Morgan fingerprint density at radius 3 is 2.92 bits per heavy atom. The van der Waals surface area contributed by atoms with Crippen LogP contribution in [-0.2, 0) is 0 Å². The largest absolute Gasteiger partial charge is 0.236 e. The fourth-order valence-electron chi connectivity index (χ4n) is 1.25. The lowest BCUT2D eigenvalue weighted by Crippen LogP contribution is -1.80. The third kappa shape index (κ3) is 1.21. The summed E-state index contributed by atoms with van der Waals surface area (Å²) < 4.78 is 0. The SMILES string of the molecule is Clc1ncnc2sc(C3CC3)nc12. The van der Waals surface area contributed by atoms with Crippen molar-refractivity contribution in [1.82, 2.24) is 15.0 Å². The molecule has 0 aliphatic heterocycles. The normalized spacial score (nSPS) is 16.7. The van der Waals surface area contributed by atoms with E-state index < -0.39 is 0 Å². The molecule has 66 valence electrons. The van der Waals surface area contributed by atoms with Crippen LogP contribution in [0.2, 0.25) is 5.15 Å². The lowest BCUT2D eigenvalue weighted by atomic mass is 10.4. The molecule has 2 heterocycles. The van der Waals surface area contributed by atoms with Crippen LogP contribution in [0.3, 0.4) is 0 Å². The van der Waals surface area contributed by atoms with Crippen LogP contribution in [0, 0.1) is 0 Å². The number of fused-ring (bicyclic) bond motifs is 1. The highest BCUT2D eigenvalue weighted by Gasteiger charge is 2.27. The maximum Gasteiger partial charge on any atom is 0.159 e. The number of thiazole rings is 1. The molecule has 0 atom stereocenters. The molecular weight excluding hydrogens is 206 g/mol. The molecule has 1 fully saturated rings. The fourth-order valence-corrected chi connectivity index (χ4v) is 2.56. The molecule has 0 radical (unpaired) electrons. The number of hydrogen-bond acceptors (Lipinski definition) is 4. The maximum absolute atomic E-state index is 5.89. The number of nitrogens with zero attached hydrogens (tertiary/aromatic N) is 3. The van der Waals surface area contributed by atoms with Gasteiger partial charge in [0.2, 0.25) is 0 Å². The van der Waals surface area contributed by atoms with Gasteiger partial charge in [-0.25, -0.2) is 15.0 Å². The highest BCUT2D eigenvalue weighted by atomic mass is 35.5. The first kappa shape index (κ1) is 7.64. The molecule has 3 nitrogen and oxygen atoms in total. The van der Waals surface area contributed by atoms with Crippen molar-refractivity contribution in [3.05, 3.63) is 16.5 Å². The molecule has 2 aromatic heterocycles. The molecule has 5 heteroatoms. The number of hydrogen-bond donors (Lipinski definition) is 0. The predicted octanol–water partition coefficient (Wildman–Crippen LogP) is 2.62. The van der Waals surface area contributed by atoms with Gasteiger partial charge in [-0.15, -0.1) is 0 Å². The van der Waals surface area contributed by atoms with Crippen molar-refractivity contribution >= 4 is 33.3 Å². The maximum atomic E-state index is 5.89. The molecule has 0 aromatic carbocycles. The van der Waals surface area contributed by atoms with Gasteiger partial charge in [-0.1, -0.05) is 22.9 Å². The third-order valence-corrected chi connectivity index (χ3v) is 3.50. The van der Waals surface area contributed by atoms with E-state index in [0.717, 1.165) is 15.4 Å². The zero-order valence-corrected chi connectivity index (χ0v) is 8.27. The van der Waals surface area contributed by atoms with Gasteiger partial charge in [-0.2, -0.15) is 0 Å². The Balaban J connectivity index is 2.26. The molecule has 1 aliphatic carbocycles. The summed E-state index contributed by atoms with van der Waals surface area (Å²) in [5.74, 6) is 0.662. The van der Waals surface area contributed by atoms with Crippen LogP contribution >= 0.6 is 22.9 Å². The highest BCUT2D eigenvalue weighted by Crippen LogP contribution is 2.43. The molecule has 3 rings (SSSR count). The van der Waals surface area contributed by atoms with E-state index in [1.807, 2.05) is 0 Å². The van der Waals surface area contributed by atoms with Crippen molar-refractivity contribution < 1.29 is 0 Å². The van der Waals surface area contributed by atoms with E-state index in [4.69, 9.17) is 11.6 Å². The average Bonchev–Trinajstić information content (AvgIpc) is 2.87. The van der Waals surface area contributed by atoms with E-state index in [1.165, 1.54) is 19.2 Å². The molecule has 0 N–H and O–H groups in total. The Morgan fingerprint density at radius 1 is 1.38 bits per heavy atom. The molecule has 1 saturated carbocycles. The predicted molar refractivity (Wildman–Crippen MR) is 52.2 cm³/mol. The summed E-state index contributed by atoms with van der Waals surface area (Å²) >= 11 is 7.52. The first-order valence-corrected chi connectivity index (χ1v) is 5.31. The van der Waals surface area contributed by atoms with Gasteiger partial charge in [-0.3, -0.25) is 0 Å². The molecule has 2 aromatic rings. The monoisotopic (exact) mass is 211 g/mol. The van der Waals surface area contributed by atoms with Crippen LogP contribution in [0.5, 0.6) is 0 Å². The topological polar surface area (TPSA) is 38.7 Å². The van der Waals surface area contributed by atoms with Gasteiger partial charge in [0.25, 0.3) is 0 Å². The summed E-state index contributed by atoms with van der Waals surface area (Å²) in [6.07, 6.45) is 4.00. The van der Waals surface area contributed by atoms with Gasteiger partial charge >= 0.3 is 0 Å². The minimum atomic E-state index is 0.466. The van der Waals surface area contributed by atoms with Crippen molar-refractivity contribution in [2.75, 3.05) is 0 Å². The van der Waals surface area contributed by atoms with E-state index >= 15 is 0 Å². The Labute approximate surface area is 83.8 Å². The van der Waals surface area contributed by atoms with E-state index in [1.54, 1.807) is 11.3 Å². The molecule has 0 bridgehead atoms.